The van der Waals surface area contributed by atoms with Gasteiger partial charge in [-0.1, -0.05) is 42.0 Å². The number of nitrogens with one attached hydrogen (secondary N) is 2. The number of hydrogen-bond donors (Lipinski definition) is 2. The zero-order valence-corrected chi connectivity index (χ0v) is 20.5. The smallest absolute Gasteiger partial charge is 0.253 e. The Kier molecular flexibility index (Phi) is 9.04. The third kappa shape index (κ3) is 6.81. The molecular formula is C23H28IN5O2. The molecule has 2 N–H and O–H groups in total. The first-order valence-electron chi connectivity index (χ1n) is 9.73. The van der Waals surface area contributed by atoms with Crippen LogP contribution in [0.5, 0.6) is 0 Å². The molecule has 31 heavy (non-hydrogen) atoms. The van der Waals surface area contributed by atoms with Crippen LogP contribution in [0.25, 0.3) is 11.3 Å². The third-order valence-corrected chi connectivity index (χ3v) is 4.59. The summed E-state index contributed by atoms with van der Waals surface area (Å²) >= 11 is 0. The number of aliphatic imine (C=N–C) groups is 1. The highest BCUT2D eigenvalue weighted by molar-refractivity contribution is 14.0. The molecule has 8 heteroatoms. The van der Waals surface area contributed by atoms with Crippen LogP contribution in [0.15, 0.2) is 64.1 Å². The van der Waals surface area contributed by atoms with Gasteiger partial charge in [0.05, 0.1) is 12.7 Å². The van der Waals surface area contributed by atoms with Crippen LogP contribution in [0.4, 0.5) is 0 Å². The van der Waals surface area contributed by atoms with Crippen LogP contribution in [0.1, 0.15) is 27.4 Å². The number of benzene rings is 2. The average Bonchev–Trinajstić information content (AvgIpc) is 3.23. The molecule has 0 aliphatic carbocycles. The second-order valence-corrected chi connectivity index (χ2v) is 7.16. The molecule has 1 amide bonds. The summed E-state index contributed by atoms with van der Waals surface area (Å²) in [5.74, 6) is 1.95. The van der Waals surface area contributed by atoms with Crippen molar-refractivity contribution in [3.8, 4) is 11.3 Å². The van der Waals surface area contributed by atoms with Crippen molar-refractivity contribution in [3.63, 3.8) is 0 Å². The largest absolute Gasteiger partial charge is 0.439 e. The monoisotopic (exact) mass is 533 g/mol. The minimum absolute atomic E-state index is 0. The lowest BCUT2D eigenvalue weighted by molar-refractivity contribution is 0.0827. The Labute approximate surface area is 200 Å². The maximum absolute atomic E-state index is 12.0. The van der Waals surface area contributed by atoms with Crippen molar-refractivity contribution in [2.45, 2.75) is 20.0 Å². The SMILES string of the molecule is CN=C(NCc1ccc(C(=O)N(C)C)cc1)NCc1ncc(-c2ccc(C)cc2)o1.I. The molecule has 3 rings (SSSR count). The van der Waals surface area contributed by atoms with E-state index in [1.54, 1.807) is 32.2 Å². The molecule has 0 unspecified atom stereocenters. The molecule has 3 aromatic rings. The second kappa shape index (κ2) is 11.5. The number of amides is 1. The Hall–Kier alpha value is -2.88. The topological polar surface area (TPSA) is 82.8 Å². The quantitative estimate of drug-likeness (QED) is 0.286. The molecule has 0 saturated carbocycles. The Morgan fingerprint density at radius 1 is 1.03 bits per heavy atom. The van der Waals surface area contributed by atoms with E-state index in [1.165, 1.54) is 5.56 Å². The molecule has 0 aliphatic rings. The van der Waals surface area contributed by atoms with Gasteiger partial charge in [0, 0.05) is 38.8 Å². The Balaban J connectivity index is 0.00000341. The fraction of sp³-hybridized carbons (Fsp3) is 0.261. The van der Waals surface area contributed by atoms with Gasteiger partial charge in [0.2, 0.25) is 5.89 Å². The van der Waals surface area contributed by atoms with Crippen LogP contribution < -0.4 is 10.6 Å². The number of oxazole rings is 1. The third-order valence-electron chi connectivity index (χ3n) is 4.59. The Morgan fingerprint density at radius 3 is 2.29 bits per heavy atom. The summed E-state index contributed by atoms with van der Waals surface area (Å²) in [5.41, 5.74) is 3.91. The highest BCUT2D eigenvalue weighted by Gasteiger charge is 2.09. The van der Waals surface area contributed by atoms with Gasteiger partial charge in [-0.05, 0) is 24.6 Å². The summed E-state index contributed by atoms with van der Waals surface area (Å²) < 4.78 is 5.83. The van der Waals surface area contributed by atoms with Crippen LogP contribution in [0.2, 0.25) is 0 Å². The van der Waals surface area contributed by atoms with E-state index in [0.717, 1.165) is 16.9 Å². The number of hydrogen-bond acceptors (Lipinski definition) is 4. The first-order valence-corrected chi connectivity index (χ1v) is 9.73. The van der Waals surface area contributed by atoms with E-state index in [2.05, 4.69) is 27.5 Å². The Bertz CT molecular complexity index is 1010. The summed E-state index contributed by atoms with van der Waals surface area (Å²) in [5, 5.41) is 6.44. The van der Waals surface area contributed by atoms with Gasteiger partial charge >= 0.3 is 0 Å². The van der Waals surface area contributed by atoms with Gasteiger partial charge in [-0.15, -0.1) is 24.0 Å². The molecule has 0 fully saturated rings. The molecular weight excluding hydrogens is 505 g/mol. The van der Waals surface area contributed by atoms with Crippen molar-refractivity contribution in [2.75, 3.05) is 21.1 Å². The first kappa shape index (κ1) is 24.4. The highest BCUT2D eigenvalue weighted by atomic mass is 127. The van der Waals surface area contributed by atoms with Crippen LogP contribution >= 0.6 is 24.0 Å². The molecule has 0 bridgehead atoms. The van der Waals surface area contributed by atoms with E-state index in [4.69, 9.17) is 4.42 Å². The van der Waals surface area contributed by atoms with Crippen molar-refractivity contribution < 1.29 is 9.21 Å². The number of carbonyl (C=O) groups excluding carboxylic acids is 1. The van der Waals surface area contributed by atoms with Crippen LogP contribution in [0, 0.1) is 6.92 Å². The average molecular weight is 533 g/mol. The number of nitrogens with zero attached hydrogens (tertiary/aromatic N) is 3. The van der Waals surface area contributed by atoms with Crippen LogP contribution in [0.3, 0.4) is 0 Å². The van der Waals surface area contributed by atoms with Crippen molar-refractivity contribution in [3.05, 3.63) is 77.3 Å². The lowest BCUT2D eigenvalue weighted by Gasteiger charge is -2.12. The number of guanidine groups is 1. The maximum Gasteiger partial charge on any atom is 0.253 e. The fourth-order valence-corrected chi connectivity index (χ4v) is 2.83. The minimum atomic E-state index is -0.0112. The summed E-state index contributed by atoms with van der Waals surface area (Å²) in [6.45, 7) is 3.05. The normalized spacial score (nSPS) is 10.9. The summed E-state index contributed by atoms with van der Waals surface area (Å²) in [7, 11) is 5.19. The van der Waals surface area contributed by atoms with E-state index in [1.807, 2.05) is 48.5 Å². The van der Waals surface area contributed by atoms with Crippen LogP contribution in [-0.2, 0) is 13.1 Å². The fourth-order valence-electron chi connectivity index (χ4n) is 2.83. The molecule has 2 aromatic carbocycles. The maximum atomic E-state index is 12.0. The van der Waals surface area contributed by atoms with Gasteiger partial charge in [-0.25, -0.2) is 4.98 Å². The number of halogens is 1. The predicted molar refractivity (Wildman–Crippen MR) is 134 cm³/mol. The highest BCUT2D eigenvalue weighted by Crippen LogP contribution is 2.20. The van der Waals surface area contributed by atoms with E-state index >= 15 is 0 Å². The molecule has 7 nitrogen and oxygen atoms in total. The zero-order chi connectivity index (χ0) is 21.5. The van der Waals surface area contributed by atoms with Crippen molar-refractivity contribution in [1.29, 1.82) is 0 Å². The number of rotatable bonds is 6. The lowest BCUT2D eigenvalue weighted by atomic mass is 10.1. The lowest BCUT2D eigenvalue weighted by Crippen LogP contribution is -2.36. The van der Waals surface area contributed by atoms with E-state index < -0.39 is 0 Å². The number of carbonyl (C=O) groups is 1. The second-order valence-electron chi connectivity index (χ2n) is 7.16. The minimum Gasteiger partial charge on any atom is -0.439 e. The molecule has 0 aliphatic heterocycles. The van der Waals surface area contributed by atoms with Gasteiger partial charge < -0.3 is 20.0 Å². The molecule has 0 saturated heterocycles. The van der Waals surface area contributed by atoms with Crippen molar-refractivity contribution in [2.24, 2.45) is 4.99 Å². The van der Waals surface area contributed by atoms with Gasteiger partial charge in [0.1, 0.15) is 0 Å². The molecule has 164 valence electrons. The molecule has 0 spiro atoms. The summed E-state index contributed by atoms with van der Waals surface area (Å²) in [6, 6.07) is 15.6. The van der Waals surface area contributed by atoms with Crippen LogP contribution in [-0.4, -0.2) is 42.9 Å². The zero-order valence-electron chi connectivity index (χ0n) is 18.2. The molecule has 1 heterocycles. The molecule has 0 atom stereocenters. The van der Waals surface area contributed by atoms with Gasteiger partial charge in [0.15, 0.2) is 11.7 Å². The molecule has 1 aromatic heterocycles. The standard InChI is InChI=1S/C23H27N5O2.HI/c1-16-5-9-18(10-6-16)20-14-25-21(30-20)15-27-23(24-2)26-13-17-7-11-19(12-8-17)22(29)28(3)4;/h5-12,14H,13,15H2,1-4H3,(H2,24,26,27);1H. The summed E-state index contributed by atoms with van der Waals surface area (Å²) in [6.07, 6.45) is 1.73. The van der Waals surface area contributed by atoms with Gasteiger partial charge in [0.25, 0.3) is 5.91 Å². The predicted octanol–water partition coefficient (Wildman–Crippen LogP) is 3.84. The summed E-state index contributed by atoms with van der Waals surface area (Å²) in [4.78, 5) is 22.1. The van der Waals surface area contributed by atoms with Crippen molar-refractivity contribution in [1.82, 2.24) is 20.5 Å². The van der Waals surface area contributed by atoms with E-state index in [9.17, 15) is 4.79 Å². The molecule has 0 radical (unpaired) electrons. The van der Waals surface area contributed by atoms with Gasteiger partial charge in [-0.2, -0.15) is 0 Å². The number of aromatic nitrogens is 1. The first-order chi connectivity index (χ1) is 14.5. The van der Waals surface area contributed by atoms with Crippen molar-refractivity contribution >= 4 is 35.8 Å². The van der Waals surface area contributed by atoms with Gasteiger partial charge in [-0.3, -0.25) is 9.79 Å². The number of aryl methyl sites for hydroxylation is 1. The van der Waals surface area contributed by atoms with E-state index in [-0.39, 0.29) is 29.9 Å². The Morgan fingerprint density at radius 2 is 1.68 bits per heavy atom. The van der Waals surface area contributed by atoms with E-state index in [0.29, 0.717) is 30.5 Å².